The lowest BCUT2D eigenvalue weighted by atomic mass is 10.2. The number of hydrogen-bond acceptors (Lipinski definition) is 4. The third kappa shape index (κ3) is 2.83. The second-order valence-electron chi connectivity index (χ2n) is 4.24. The number of hydrogen-bond donors (Lipinski definition) is 1. The molecule has 1 aromatic carbocycles. The van der Waals surface area contributed by atoms with Crippen molar-refractivity contribution in [1.29, 1.82) is 5.26 Å². The fraction of sp³-hybridized carbons (Fsp3) is 0.308. The molecule has 7 heteroatoms. The van der Waals surface area contributed by atoms with Gasteiger partial charge < -0.3 is 10.1 Å². The van der Waals surface area contributed by atoms with Crippen LogP contribution in [-0.2, 0) is 4.79 Å². The van der Waals surface area contributed by atoms with Gasteiger partial charge in [0.05, 0.1) is 16.7 Å². The number of benzene rings is 1. The summed E-state index contributed by atoms with van der Waals surface area (Å²) in [5.74, 6) is -0.133. The molecule has 0 radical (unpaired) electrons. The van der Waals surface area contributed by atoms with E-state index in [4.69, 9.17) is 21.6 Å². The summed E-state index contributed by atoms with van der Waals surface area (Å²) in [5.41, 5.74) is 0.403. The minimum Gasteiger partial charge on any atom is -0.479 e. The van der Waals surface area contributed by atoms with Gasteiger partial charge in [0.25, 0.3) is 5.91 Å². The van der Waals surface area contributed by atoms with E-state index in [-0.39, 0.29) is 5.02 Å². The van der Waals surface area contributed by atoms with E-state index in [9.17, 15) is 9.59 Å². The van der Waals surface area contributed by atoms with Crippen LogP contribution >= 0.6 is 11.6 Å². The largest absolute Gasteiger partial charge is 0.479 e. The summed E-state index contributed by atoms with van der Waals surface area (Å²) in [5, 5.41) is 11.5. The molecule has 1 fully saturated rings. The normalized spacial score (nSPS) is 15.4. The zero-order valence-electron chi connectivity index (χ0n) is 10.7. The number of amides is 3. The lowest BCUT2D eigenvalue weighted by molar-refractivity contribution is -0.134. The van der Waals surface area contributed by atoms with E-state index >= 15 is 0 Å². The molecule has 1 aliphatic heterocycles. The van der Waals surface area contributed by atoms with E-state index in [2.05, 4.69) is 5.32 Å². The first-order valence-electron chi connectivity index (χ1n) is 5.98. The van der Waals surface area contributed by atoms with E-state index in [1.54, 1.807) is 13.0 Å². The molecular formula is C13H12ClN3O3. The lowest BCUT2D eigenvalue weighted by Crippen LogP contribution is -2.42. The van der Waals surface area contributed by atoms with E-state index in [0.29, 0.717) is 24.4 Å². The van der Waals surface area contributed by atoms with Crippen LogP contribution in [0.3, 0.4) is 0 Å². The highest BCUT2D eigenvalue weighted by Crippen LogP contribution is 2.26. The Morgan fingerprint density at radius 2 is 2.35 bits per heavy atom. The molecule has 1 saturated heterocycles. The van der Waals surface area contributed by atoms with Crippen LogP contribution < -0.4 is 10.1 Å². The Hall–Kier alpha value is -2.26. The van der Waals surface area contributed by atoms with Gasteiger partial charge in [0, 0.05) is 13.1 Å². The Balaban J connectivity index is 2.08. The first-order chi connectivity index (χ1) is 9.52. The molecule has 1 atom stereocenters. The molecule has 1 aliphatic rings. The van der Waals surface area contributed by atoms with Gasteiger partial charge in [-0.15, -0.1) is 0 Å². The van der Waals surface area contributed by atoms with E-state index < -0.39 is 18.0 Å². The number of rotatable bonds is 3. The molecule has 1 aromatic rings. The Morgan fingerprint density at radius 1 is 1.60 bits per heavy atom. The molecule has 1 N–H and O–H groups in total. The van der Waals surface area contributed by atoms with Crippen molar-refractivity contribution < 1.29 is 14.3 Å². The molecule has 0 bridgehead atoms. The Labute approximate surface area is 120 Å². The summed E-state index contributed by atoms with van der Waals surface area (Å²) in [4.78, 5) is 24.5. The van der Waals surface area contributed by atoms with Crippen molar-refractivity contribution in [3.8, 4) is 11.8 Å². The van der Waals surface area contributed by atoms with E-state index in [1.165, 1.54) is 12.1 Å². The number of halogens is 1. The Morgan fingerprint density at radius 3 is 2.90 bits per heavy atom. The minimum absolute atomic E-state index is 0.245. The number of carbonyl (C=O) groups excluding carboxylic acids is 2. The second kappa shape index (κ2) is 5.80. The molecule has 20 heavy (non-hydrogen) atoms. The van der Waals surface area contributed by atoms with Gasteiger partial charge in [-0.2, -0.15) is 5.26 Å². The van der Waals surface area contributed by atoms with Crippen LogP contribution in [0, 0.1) is 11.3 Å². The molecule has 0 spiro atoms. The van der Waals surface area contributed by atoms with Gasteiger partial charge in [0.1, 0.15) is 5.75 Å². The number of urea groups is 1. The summed E-state index contributed by atoms with van der Waals surface area (Å²) in [6, 6.07) is 6.05. The average Bonchev–Trinajstić information content (AvgIpc) is 2.86. The number of ether oxygens (including phenoxy) is 1. The van der Waals surface area contributed by atoms with Crippen molar-refractivity contribution in [2.75, 3.05) is 13.1 Å². The molecule has 2 rings (SSSR count). The van der Waals surface area contributed by atoms with Crippen molar-refractivity contribution in [2.45, 2.75) is 13.0 Å². The summed E-state index contributed by atoms with van der Waals surface area (Å²) in [7, 11) is 0. The SMILES string of the molecule is C[C@H](Oc1ccc(C#N)cc1Cl)C(=O)N1CCNC1=O. The number of imide groups is 1. The maximum Gasteiger partial charge on any atom is 0.324 e. The van der Waals surface area contributed by atoms with Gasteiger partial charge in [0.15, 0.2) is 6.10 Å². The van der Waals surface area contributed by atoms with Crippen molar-refractivity contribution in [3.63, 3.8) is 0 Å². The third-order valence-electron chi connectivity index (χ3n) is 2.84. The Kier molecular flexibility index (Phi) is 4.11. The lowest BCUT2D eigenvalue weighted by Gasteiger charge is -2.19. The van der Waals surface area contributed by atoms with Crippen molar-refractivity contribution in [1.82, 2.24) is 10.2 Å². The van der Waals surface area contributed by atoms with Crippen LogP contribution in [0.2, 0.25) is 5.02 Å². The predicted molar refractivity (Wildman–Crippen MR) is 71.4 cm³/mol. The molecule has 6 nitrogen and oxygen atoms in total. The smallest absolute Gasteiger partial charge is 0.324 e. The van der Waals surface area contributed by atoms with Crippen molar-refractivity contribution in [3.05, 3.63) is 28.8 Å². The molecular weight excluding hydrogens is 282 g/mol. The molecule has 0 aromatic heterocycles. The second-order valence-corrected chi connectivity index (χ2v) is 4.65. The average molecular weight is 294 g/mol. The maximum absolute atomic E-state index is 12.0. The topological polar surface area (TPSA) is 82.4 Å². The van der Waals surface area contributed by atoms with Gasteiger partial charge in [-0.3, -0.25) is 9.69 Å². The highest BCUT2D eigenvalue weighted by molar-refractivity contribution is 6.32. The number of nitrogens with one attached hydrogen (secondary N) is 1. The standard InChI is InChI=1S/C13H12ClN3O3/c1-8(12(18)17-5-4-16-13(17)19)20-11-3-2-9(7-15)6-10(11)14/h2-3,6,8H,4-5H2,1H3,(H,16,19)/t8-/m0/s1. The van der Waals surface area contributed by atoms with Crippen molar-refractivity contribution >= 4 is 23.5 Å². The minimum atomic E-state index is -0.843. The molecule has 3 amide bonds. The molecule has 0 saturated carbocycles. The summed E-state index contributed by atoms with van der Waals surface area (Å²) in [6.45, 7) is 2.31. The fourth-order valence-corrected chi connectivity index (χ4v) is 2.03. The number of nitriles is 1. The number of nitrogens with zero attached hydrogens (tertiary/aromatic N) is 2. The van der Waals surface area contributed by atoms with Crippen LogP contribution in [-0.4, -0.2) is 36.0 Å². The van der Waals surface area contributed by atoms with E-state index in [0.717, 1.165) is 4.90 Å². The van der Waals surface area contributed by atoms with Crippen LogP contribution in [0.5, 0.6) is 5.75 Å². The molecule has 104 valence electrons. The fourth-order valence-electron chi connectivity index (χ4n) is 1.81. The monoisotopic (exact) mass is 293 g/mol. The predicted octanol–water partition coefficient (Wildman–Crippen LogP) is 1.53. The van der Waals surface area contributed by atoms with E-state index in [1.807, 2.05) is 6.07 Å². The first kappa shape index (κ1) is 14.2. The zero-order valence-corrected chi connectivity index (χ0v) is 11.5. The third-order valence-corrected chi connectivity index (χ3v) is 3.13. The zero-order chi connectivity index (χ0) is 14.7. The van der Waals surface area contributed by atoms with Crippen molar-refractivity contribution in [2.24, 2.45) is 0 Å². The first-order valence-corrected chi connectivity index (χ1v) is 6.36. The highest BCUT2D eigenvalue weighted by Gasteiger charge is 2.30. The van der Waals surface area contributed by atoms with Gasteiger partial charge >= 0.3 is 6.03 Å². The van der Waals surface area contributed by atoms with Gasteiger partial charge in [-0.25, -0.2) is 4.79 Å². The summed E-state index contributed by atoms with van der Waals surface area (Å²) >= 11 is 5.96. The van der Waals surface area contributed by atoms with Gasteiger partial charge in [-0.05, 0) is 25.1 Å². The number of carbonyl (C=O) groups is 2. The maximum atomic E-state index is 12.0. The molecule has 1 heterocycles. The quantitative estimate of drug-likeness (QED) is 0.916. The molecule has 0 unspecified atom stereocenters. The van der Waals surface area contributed by atoms with Gasteiger partial charge in [-0.1, -0.05) is 11.6 Å². The van der Waals surface area contributed by atoms with Crippen LogP contribution in [0.15, 0.2) is 18.2 Å². The Bertz CT molecular complexity index is 597. The van der Waals surface area contributed by atoms with Crippen LogP contribution in [0.25, 0.3) is 0 Å². The van der Waals surface area contributed by atoms with Gasteiger partial charge in [0.2, 0.25) is 0 Å². The highest BCUT2D eigenvalue weighted by atomic mass is 35.5. The van der Waals surface area contributed by atoms with Crippen LogP contribution in [0.1, 0.15) is 12.5 Å². The summed E-state index contributed by atoms with van der Waals surface area (Å²) < 4.78 is 5.45. The summed E-state index contributed by atoms with van der Waals surface area (Å²) in [6.07, 6.45) is -0.843. The van der Waals surface area contributed by atoms with Crippen LogP contribution in [0.4, 0.5) is 4.79 Å². The molecule has 0 aliphatic carbocycles.